The van der Waals surface area contributed by atoms with Crippen LogP contribution < -0.4 is 10.9 Å². The maximum absolute atomic E-state index is 11.4. The number of aryl methyl sites for hydroxylation is 1. The highest BCUT2D eigenvalue weighted by Crippen LogP contribution is 2.06. The predicted molar refractivity (Wildman–Crippen MR) is 76.7 cm³/mol. The van der Waals surface area contributed by atoms with Crippen LogP contribution in [0.15, 0.2) is 30.3 Å². The summed E-state index contributed by atoms with van der Waals surface area (Å²) < 4.78 is 5.14. The lowest BCUT2D eigenvalue weighted by atomic mass is 10.1. The number of hydrazine groups is 1. The molecule has 0 aliphatic rings. The SMILES string of the molecule is C[C@@H](CCc1ccccc1)NNC(=O)OC(C)(C)C. The number of nitrogens with one attached hydrogen (secondary N) is 2. The standard InChI is InChI=1S/C15H24N2O2/c1-12(10-11-13-8-6-5-7-9-13)16-17-14(18)19-15(2,3)4/h5-9,12,16H,10-11H2,1-4H3,(H,17,18)/t12-/m0/s1. The Morgan fingerprint density at radius 2 is 1.89 bits per heavy atom. The molecule has 0 saturated carbocycles. The van der Waals surface area contributed by atoms with E-state index in [2.05, 4.69) is 23.0 Å². The molecule has 106 valence electrons. The van der Waals surface area contributed by atoms with E-state index in [-0.39, 0.29) is 6.04 Å². The van der Waals surface area contributed by atoms with Crippen LogP contribution in [0.1, 0.15) is 39.7 Å². The van der Waals surface area contributed by atoms with Gasteiger partial charge >= 0.3 is 6.09 Å². The van der Waals surface area contributed by atoms with E-state index in [4.69, 9.17) is 4.74 Å². The van der Waals surface area contributed by atoms with E-state index >= 15 is 0 Å². The van der Waals surface area contributed by atoms with E-state index in [0.29, 0.717) is 0 Å². The largest absolute Gasteiger partial charge is 0.443 e. The molecule has 4 heteroatoms. The van der Waals surface area contributed by atoms with Gasteiger partial charge in [0.2, 0.25) is 0 Å². The summed E-state index contributed by atoms with van der Waals surface area (Å²) in [7, 11) is 0. The molecule has 0 bridgehead atoms. The van der Waals surface area contributed by atoms with Crippen LogP contribution in [0.3, 0.4) is 0 Å². The average molecular weight is 264 g/mol. The highest BCUT2D eigenvalue weighted by atomic mass is 16.6. The van der Waals surface area contributed by atoms with E-state index < -0.39 is 11.7 Å². The van der Waals surface area contributed by atoms with E-state index in [1.54, 1.807) is 0 Å². The van der Waals surface area contributed by atoms with Gasteiger partial charge in [-0.2, -0.15) is 0 Å². The van der Waals surface area contributed by atoms with Crippen LogP contribution >= 0.6 is 0 Å². The summed E-state index contributed by atoms with van der Waals surface area (Å²) in [6.45, 7) is 7.54. The molecule has 0 unspecified atom stereocenters. The molecule has 0 fully saturated rings. The number of benzene rings is 1. The number of carbonyl (C=O) groups excluding carboxylic acids is 1. The van der Waals surface area contributed by atoms with Gasteiger partial charge in [-0.3, -0.25) is 5.43 Å². The van der Waals surface area contributed by atoms with Gasteiger partial charge in [-0.1, -0.05) is 30.3 Å². The zero-order valence-electron chi connectivity index (χ0n) is 12.2. The van der Waals surface area contributed by atoms with Gasteiger partial charge in [0.1, 0.15) is 5.60 Å². The molecule has 1 amide bonds. The highest BCUT2D eigenvalue weighted by molar-refractivity contribution is 5.67. The molecule has 1 atom stereocenters. The summed E-state index contributed by atoms with van der Waals surface area (Å²) in [6, 6.07) is 10.5. The quantitative estimate of drug-likeness (QED) is 0.804. The Morgan fingerprint density at radius 3 is 2.47 bits per heavy atom. The molecule has 0 spiro atoms. The lowest BCUT2D eigenvalue weighted by Crippen LogP contribution is -2.45. The first-order chi connectivity index (χ1) is 8.87. The Labute approximate surface area is 115 Å². The van der Waals surface area contributed by atoms with Crippen molar-refractivity contribution in [2.45, 2.75) is 52.2 Å². The normalized spacial score (nSPS) is 12.8. The average Bonchev–Trinajstić information content (AvgIpc) is 2.33. The molecule has 1 rings (SSSR count). The fourth-order valence-corrected chi connectivity index (χ4v) is 1.59. The van der Waals surface area contributed by atoms with Crippen molar-refractivity contribution in [2.75, 3.05) is 0 Å². The molecule has 1 aromatic rings. The number of hydrogen-bond donors (Lipinski definition) is 2. The minimum Gasteiger partial charge on any atom is -0.443 e. The van der Waals surface area contributed by atoms with Crippen molar-refractivity contribution in [3.8, 4) is 0 Å². The molecule has 2 N–H and O–H groups in total. The van der Waals surface area contributed by atoms with Crippen molar-refractivity contribution < 1.29 is 9.53 Å². The fourth-order valence-electron chi connectivity index (χ4n) is 1.59. The van der Waals surface area contributed by atoms with Gasteiger partial charge in [-0.25, -0.2) is 10.2 Å². The van der Waals surface area contributed by atoms with Gasteiger partial charge < -0.3 is 4.74 Å². The third-order valence-electron chi connectivity index (χ3n) is 2.53. The summed E-state index contributed by atoms with van der Waals surface area (Å²) >= 11 is 0. The highest BCUT2D eigenvalue weighted by Gasteiger charge is 2.16. The molecule has 0 aliphatic heterocycles. The number of rotatable bonds is 5. The summed E-state index contributed by atoms with van der Waals surface area (Å²) in [5.74, 6) is 0. The second-order valence-corrected chi connectivity index (χ2v) is 5.70. The maximum atomic E-state index is 11.4. The second kappa shape index (κ2) is 7.14. The van der Waals surface area contributed by atoms with Crippen LogP contribution in [0.2, 0.25) is 0 Å². The van der Waals surface area contributed by atoms with Crippen molar-refractivity contribution in [2.24, 2.45) is 0 Å². The van der Waals surface area contributed by atoms with E-state index in [0.717, 1.165) is 12.8 Å². The van der Waals surface area contributed by atoms with Gasteiger partial charge in [0, 0.05) is 6.04 Å². The van der Waals surface area contributed by atoms with Crippen LogP contribution in [0.5, 0.6) is 0 Å². The molecule has 19 heavy (non-hydrogen) atoms. The lowest BCUT2D eigenvalue weighted by molar-refractivity contribution is 0.0488. The van der Waals surface area contributed by atoms with Crippen molar-refractivity contribution in [1.82, 2.24) is 10.9 Å². The lowest BCUT2D eigenvalue weighted by Gasteiger charge is -2.21. The predicted octanol–water partition coefficient (Wildman–Crippen LogP) is 3.04. The molecule has 0 heterocycles. The summed E-state index contributed by atoms with van der Waals surface area (Å²) in [5, 5.41) is 0. The monoisotopic (exact) mass is 264 g/mol. The Morgan fingerprint density at radius 1 is 1.26 bits per heavy atom. The number of ether oxygens (including phenoxy) is 1. The molecule has 1 aromatic carbocycles. The van der Waals surface area contributed by atoms with Gasteiger partial charge in [0.05, 0.1) is 0 Å². The van der Waals surface area contributed by atoms with Gasteiger partial charge in [0.15, 0.2) is 0 Å². The first kappa shape index (κ1) is 15.5. The van der Waals surface area contributed by atoms with E-state index in [9.17, 15) is 4.79 Å². The molecule has 4 nitrogen and oxygen atoms in total. The van der Waals surface area contributed by atoms with Gasteiger partial charge in [0.25, 0.3) is 0 Å². The van der Waals surface area contributed by atoms with Gasteiger partial charge in [-0.15, -0.1) is 0 Å². The first-order valence-electron chi connectivity index (χ1n) is 6.65. The summed E-state index contributed by atoms with van der Waals surface area (Å²) in [6.07, 6.45) is 1.48. The van der Waals surface area contributed by atoms with Crippen LogP contribution in [-0.2, 0) is 11.2 Å². The van der Waals surface area contributed by atoms with Crippen LogP contribution in [0.4, 0.5) is 4.79 Å². The molecule has 0 aromatic heterocycles. The Kier molecular flexibility index (Phi) is 5.83. The molecule has 0 saturated heterocycles. The Bertz CT molecular complexity index is 385. The minimum absolute atomic E-state index is 0.188. The smallest absolute Gasteiger partial charge is 0.422 e. The topological polar surface area (TPSA) is 50.4 Å². The molecular formula is C15H24N2O2. The number of hydrogen-bond acceptors (Lipinski definition) is 3. The zero-order valence-corrected chi connectivity index (χ0v) is 12.2. The minimum atomic E-state index is -0.473. The first-order valence-corrected chi connectivity index (χ1v) is 6.65. The Balaban J connectivity index is 2.21. The molecular weight excluding hydrogens is 240 g/mol. The summed E-state index contributed by atoms with van der Waals surface area (Å²) in [5.41, 5.74) is 6.34. The third kappa shape index (κ3) is 7.47. The Hall–Kier alpha value is -1.55. The van der Waals surface area contributed by atoms with Crippen LogP contribution in [0, 0.1) is 0 Å². The van der Waals surface area contributed by atoms with E-state index in [1.165, 1.54) is 5.56 Å². The second-order valence-electron chi connectivity index (χ2n) is 5.70. The van der Waals surface area contributed by atoms with Crippen molar-refractivity contribution in [1.29, 1.82) is 0 Å². The third-order valence-corrected chi connectivity index (χ3v) is 2.53. The van der Waals surface area contributed by atoms with E-state index in [1.807, 2.05) is 45.9 Å². The van der Waals surface area contributed by atoms with Crippen LogP contribution in [-0.4, -0.2) is 17.7 Å². The molecule has 0 radical (unpaired) electrons. The van der Waals surface area contributed by atoms with Crippen molar-refractivity contribution in [3.63, 3.8) is 0 Å². The number of carbonyl (C=O) groups is 1. The number of amides is 1. The fraction of sp³-hybridized carbons (Fsp3) is 0.533. The van der Waals surface area contributed by atoms with Crippen molar-refractivity contribution in [3.05, 3.63) is 35.9 Å². The van der Waals surface area contributed by atoms with Crippen LogP contribution in [0.25, 0.3) is 0 Å². The van der Waals surface area contributed by atoms with Crippen molar-refractivity contribution >= 4 is 6.09 Å². The van der Waals surface area contributed by atoms with Gasteiger partial charge in [-0.05, 0) is 46.1 Å². The summed E-state index contributed by atoms with van der Waals surface area (Å²) in [4.78, 5) is 11.4. The molecule has 0 aliphatic carbocycles. The maximum Gasteiger partial charge on any atom is 0.422 e. The zero-order chi connectivity index (χ0) is 14.3.